The Morgan fingerprint density at radius 2 is 0.950 bits per heavy atom. The molecule has 0 atom stereocenters. The fourth-order valence-corrected chi connectivity index (χ4v) is 5.49. The molecule has 1 heterocycles. The lowest BCUT2D eigenvalue weighted by molar-refractivity contribution is 0.455. The normalized spacial score (nSPS) is 11.8. The summed E-state index contributed by atoms with van der Waals surface area (Å²) >= 11 is 0. The summed E-state index contributed by atoms with van der Waals surface area (Å²) < 4.78 is 6.45. The lowest BCUT2D eigenvalue weighted by atomic mass is 9.78. The fourth-order valence-electron chi connectivity index (χ4n) is 5.49. The molecule has 3 nitrogen and oxygen atoms in total. The molecule has 0 bridgehead atoms. The van der Waals surface area contributed by atoms with Gasteiger partial charge < -0.3 is 14.9 Å². The van der Waals surface area contributed by atoms with Crippen LogP contribution in [-0.2, 0) is 0 Å². The molecule has 0 fully saturated rings. The smallest absolute Gasteiger partial charge is 0.132 e. The Balaban J connectivity index is 0.000000774. The average Bonchev–Trinajstić information content (AvgIpc) is 3.02. The second-order valence-corrected chi connectivity index (χ2v) is 9.29. The predicted octanol–water partition coefficient (Wildman–Crippen LogP) is 10.4. The van der Waals surface area contributed by atoms with Crippen LogP contribution in [0, 0.1) is 0 Å². The minimum atomic E-state index is -0.149. The van der Waals surface area contributed by atoms with E-state index in [1.807, 2.05) is 94.4 Å². The van der Waals surface area contributed by atoms with E-state index in [1.54, 1.807) is 12.1 Å². The number of aromatic hydroxyl groups is 2. The monoisotopic (exact) mass is 526 g/mol. The van der Waals surface area contributed by atoms with Gasteiger partial charge >= 0.3 is 0 Å². The molecule has 1 aliphatic rings. The number of ether oxygens (including phenoxy) is 1. The van der Waals surface area contributed by atoms with Gasteiger partial charge in [0, 0.05) is 17.0 Å². The van der Waals surface area contributed by atoms with E-state index < -0.39 is 0 Å². The van der Waals surface area contributed by atoms with Crippen LogP contribution in [0.3, 0.4) is 0 Å². The second kappa shape index (κ2) is 11.5. The number of rotatable bonds is 2. The van der Waals surface area contributed by atoms with Crippen LogP contribution in [0.15, 0.2) is 115 Å². The number of phenols is 2. The maximum atomic E-state index is 10.4. The SMILES string of the molecule is CC.CC.Oc1ccc2ccc3c(c2c1)C(c1ccc(-c2ccccc2)cc1)c1c(ccc2ccc(O)cc12)O3. The standard InChI is InChI=1S/C33H22O3.2C2H6/c34-25-14-10-22-12-16-29-32(27(22)18-25)31(24-8-6-21(7-9-24)20-4-2-1-3-5-20)33-28-19-26(35)15-11-23(28)13-17-30(33)36-29;2*1-2/h1-19,31,34-35H;2*1-2H3. The van der Waals surface area contributed by atoms with Gasteiger partial charge in [0.25, 0.3) is 0 Å². The Kier molecular flexibility index (Phi) is 7.75. The zero-order valence-electron chi connectivity index (χ0n) is 23.3. The lowest BCUT2D eigenvalue weighted by Gasteiger charge is -2.31. The van der Waals surface area contributed by atoms with Gasteiger partial charge in [0.15, 0.2) is 0 Å². The highest BCUT2D eigenvalue weighted by Gasteiger charge is 2.32. The van der Waals surface area contributed by atoms with Crippen LogP contribution >= 0.6 is 0 Å². The summed E-state index contributed by atoms with van der Waals surface area (Å²) in [4.78, 5) is 0. The Morgan fingerprint density at radius 1 is 0.500 bits per heavy atom. The number of benzene rings is 6. The minimum absolute atomic E-state index is 0.149. The van der Waals surface area contributed by atoms with E-state index in [9.17, 15) is 10.2 Å². The van der Waals surface area contributed by atoms with Crippen molar-refractivity contribution in [2.75, 3.05) is 0 Å². The first kappa shape index (κ1) is 26.8. The van der Waals surface area contributed by atoms with Gasteiger partial charge in [0.1, 0.15) is 23.0 Å². The summed E-state index contributed by atoms with van der Waals surface area (Å²) in [5, 5.41) is 24.7. The van der Waals surface area contributed by atoms with Crippen molar-refractivity contribution in [3.05, 3.63) is 132 Å². The van der Waals surface area contributed by atoms with Crippen LogP contribution in [0.1, 0.15) is 50.3 Å². The summed E-state index contributed by atoms with van der Waals surface area (Å²) in [7, 11) is 0. The zero-order valence-corrected chi connectivity index (χ0v) is 23.3. The Morgan fingerprint density at radius 3 is 1.45 bits per heavy atom. The van der Waals surface area contributed by atoms with E-state index in [0.717, 1.165) is 55.3 Å². The molecule has 7 rings (SSSR count). The molecule has 40 heavy (non-hydrogen) atoms. The summed E-state index contributed by atoms with van der Waals surface area (Å²) in [6.45, 7) is 8.00. The van der Waals surface area contributed by atoms with E-state index >= 15 is 0 Å². The van der Waals surface area contributed by atoms with Crippen molar-refractivity contribution in [1.29, 1.82) is 0 Å². The molecule has 0 saturated carbocycles. The van der Waals surface area contributed by atoms with E-state index in [4.69, 9.17) is 4.74 Å². The average molecular weight is 527 g/mol. The van der Waals surface area contributed by atoms with Crippen LogP contribution in [0.25, 0.3) is 32.7 Å². The highest BCUT2D eigenvalue weighted by atomic mass is 16.5. The van der Waals surface area contributed by atoms with Crippen LogP contribution < -0.4 is 4.74 Å². The molecule has 1 aliphatic heterocycles. The van der Waals surface area contributed by atoms with Crippen molar-refractivity contribution in [2.45, 2.75) is 33.6 Å². The molecule has 6 aromatic carbocycles. The molecule has 3 heteroatoms. The van der Waals surface area contributed by atoms with Gasteiger partial charge in [0.2, 0.25) is 0 Å². The zero-order chi connectivity index (χ0) is 28.2. The molecular weight excluding hydrogens is 492 g/mol. The third-order valence-electron chi connectivity index (χ3n) is 7.16. The maximum Gasteiger partial charge on any atom is 0.132 e. The number of hydrogen-bond donors (Lipinski definition) is 2. The molecule has 0 aliphatic carbocycles. The van der Waals surface area contributed by atoms with Gasteiger partial charge in [-0.2, -0.15) is 0 Å². The van der Waals surface area contributed by atoms with E-state index in [2.05, 4.69) is 36.4 Å². The van der Waals surface area contributed by atoms with E-state index in [-0.39, 0.29) is 17.4 Å². The van der Waals surface area contributed by atoms with Gasteiger partial charge in [-0.3, -0.25) is 0 Å². The molecule has 0 saturated heterocycles. The van der Waals surface area contributed by atoms with Gasteiger partial charge in [-0.25, -0.2) is 0 Å². The largest absolute Gasteiger partial charge is 0.508 e. The first-order valence-electron chi connectivity index (χ1n) is 14.0. The predicted molar refractivity (Wildman–Crippen MR) is 167 cm³/mol. The summed E-state index contributed by atoms with van der Waals surface area (Å²) in [6, 6.07) is 38.0. The lowest BCUT2D eigenvalue weighted by Crippen LogP contribution is -2.13. The fraction of sp³-hybridized carbons (Fsp3) is 0.135. The van der Waals surface area contributed by atoms with Gasteiger partial charge in [0.05, 0.1) is 0 Å². The minimum Gasteiger partial charge on any atom is -0.508 e. The molecular formula is C37H34O3. The molecule has 0 spiro atoms. The van der Waals surface area contributed by atoms with Crippen molar-refractivity contribution in [2.24, 2.45) is 0 Å². The van der Waals surface area contributed by atoms with Crippen LogP contribution in [0.4, 0.5) is 0 Å². The van der Waals surface area contributed by atoms with Crippen LogP contribution in [-0.4, -0.2) is 10.2 Å². The first-order valence-corrected chi connectivity index (χ1v) is 14.0. The molecule has 0 radical (unpaired) electrons. The molecule has 0 aromatic heterocycles. The van der Waals surface area contributed by atoms with Crippen LogP contribution in [0.5, 0.6) is 23.0 Å². The highest BCUT2D eigenvalue weighted by molar-refractivity contribution is 5.96. The van der Waals surface area contributed by atoms with Crippen molar-refractivity contribution >= 4 is 21.5 Å². The summed E-state index contributed by atoms with van der Waals surface area (Å²) in [5.74, 6) is 1.84. The van der Waals surface area contributed by atoms with E-state index in [1.165, 1.54) is 5.56 Å². The van der Waals surface area contributed by atoms with E-state index in [0.29, 0.717) is 0 Å². The molecule has 2 N–H and O–H groups in total. The van der Waals surface area contributed by atoms with Crippen molar-refractivity contribution in [1.82, 2.24) is 0 Å². The highest BCUT2D eigenvalue weighted by Crippen LogP contribution is 2.52. The van der Waals surface area contributed by atoms with Gasteiger partial charge in [-0.05, 0) is 74.6 Å². The Bertz CT molecular complexity index is 1680. The van der Waals surface area contributed by atoms with Crippen molar-refractivity contribution in [3.63, 3.8) is 0 Å². The third kappa shape index (κ3) is 4.76. The van der Waals surface area contributed by atoms with Gasteiger partial charge in [-0.15, -0.1) is 0 Å². The molecule has 0 unspecified atom stereocenters. The Hall–Kier alpha value is -4.76. The maximum absolute atomic E-state index is 10.4. The number of hydrogen-bond acceptors (Lipinski definition) is 3. The quantitative estimate of drug-likeness (QED) is 0.236. The van der Waals surface area contributed by atoms with Crippen LogP contribution in [0.2, 0.25) is 0 Å². The van der Waals surface area contributed by atoms with Crippen molar-refractivity contribution in [3.8, 4) is 34.1 Å². The number of phenolic OH excluding ortho intramolecular Hbond substituents is 2. The number of fused-ring (bicyclic) bond motifs is 6. The topological polar surface area (TPSA) is 49.7 Å². The second-order valence-electron chi connectivity index (χ2n) is 9.29. The molecule has 6 aromatic rings. The van der Waals surface area contributed by atoms with Crippen molar-refractivity contribution < 1.29 is 14.9 Å². The molecule has 0 amide bonds. The Labute approximate surface area is 235 Å². The summed E-state index contributed by atoms with van der Waals surface area (Å²) in [6.07, 6.45) is 0. The first-order chi connectivity index (χ1) is 19.7. The van der Waals surface area contributed by atoms with Gasteiger partial charge in [-0.1, -0.05) is 107 Å². The summed E-state index contributed by atoms with van der Waals surface area (Å²) in [5.41, 5.74) is 5.46. The molecule has 200 valence electrons. The third-order valence-corrected chi connectivity index (χ3v) is 7.16.